The molecule has 1 aliphatic heterocycles. The second kappa shape index (κ2) is 3.52. The SMILES string of the molecule is CCC(C)(C)C1CC2(CCNCC2)C1. The number of rotatable bonds is 2. The van der Waals surface area contributed by atoms with E-state index in [9.17, 15) is 0 Å². The van der Waals surface area contributed by atoms with Crippen molar-refractivity contribution in [2.75, 3.05) is 13.1 Å². The molecule has 1 N–H and O–H groups in total. The molecule has 1 heteroatoms. The molecule has 0 radical (unpaired) electrons. The Kier molecular flexibility index (Phi) is 2.63. The Hall–Kier alpha value is -0.0400. The van der Waals surface area contributed by atoms with Crippen LogP contribution in [-0.2, 0) is 0 Å². The zero-order chi connectivity index (χ0) is 10.2. The van der Waals surface area contributed by atoms with Gasteiger partial charge in [-0.1, -0.05) is 27.2 Å². The van der Waals surface area contributed by atoms with Gasteiger partial charge in [0.05, 0.1) is 0 Å². The van der Waals surface area contributed by atoms with Crippen molar-refractivity contribution in [1.29, 1.82) is 0 Å². The van der Waals surface area contributed by atoms with E-state index >= 15 is 0 Å². The van der Waals surface area contributed by atoms with Gasteiger partial charge in [0.1, 0.15) is 0 Å². The largest absolute Gasteiger partial charge is 0.317 e. The van der Waals surface area contributed by atoms with Gasteiger partial charge < -0.3 is 5.32 Å². The Morgan fingerprint density at radius 1 is 1.21 bits per heavy atom. The summed E-state index contributed by atoms with van der Waals surface area (Å²) in [4.78, 5) is 0. The highest BCUT2D eigenvalue weighted by Crippen LogP contribution is 2.58. The van der Waals surface area contributed by atoms with Crippen molar-refractivity contribution in [3.8, 4) is 0 Å². The molecular weight excluding hydrogens is 170 g/mol. The van der Waals surface area contributed by atoms with Crippen LogP contribution in [0.1, 0.15) is 52.9 Å². The molecule has 0 unspecified atom stereocenters. The van der Waals surface area contributed by atoms with Gasteiger partial charge >= 0.3 is 0 Å². The predicted octanol–water partition coefficient (Wildman–Crippen LogP) is 3.20. The molecule has 0 aromatic heterocycles. The smallest absolute Gasteiger partial charge is 0.00436 e. The van der Waals surface area contributed by atoms with Crippen LogP contribution in [0.25, 0.3) is 0 Å². The van der Waals surface area contributed by atoms with Crippen LogP contribution in [0.5, 0.6) is 0 Å². The summed E-state index contributed by atoms with van der Waals surface area (Å²) in [7, 11) is 0. The third-order valence-electron chi connectivity index (χ3n) is 5.04. The van der Waals surface area contributed by atoms with E-state index < -0.39 is 0 Å². The van der Waals surface area contributed by atoms with Crippen molar-refractivity contribution in [2.24, 2.45) is 16.7 Å². The van der Waals surface area contributed by atoms with Gasteiger partial charge in [-0.3, -0.25) is 0 Å². The second-order valence-electron chi connectivity index (χ2n) is 6.20. The van der Waals surface area contributed by atoms with Crippen molar-refractivity contribution in [3.63, 3.8) is 0 Å². The molecule has 1 heterocycles. The first kappa shape index (κ1) is 10.5. The normalized spacial score (nSPS) is 27.6. The van der Waals surface area contributed by atoms with Crippen LogP contribution in [-0.4, -0.2) is 13.1 Å². The van der Waals surface area contributed by atoms with Crippen molar-refractivity contribution < 1.29 is 0 Å². The molecule has 0 aromatic rings. The molecule has 1 saturated heterocycles. The van der Waals surface area contributed by atoms with Crippen LogP contribution in [0.4, 0.5) is 0 Å². The Balaban J connectivity index is 1.88. The first-order valence-electron chi connectivity index (χ1n) is 6.29. The molecule has 0 atom stereocenters. The zero-order valence-corrected chi connectivity index (χ0v) is 10.0. The lowest BCUT2D eigenvalue weighted by Crippen LogP contribution is -2.49. The van der Waals surface area contributed by atoms with Crippen LogP contribution >= 0.6 is 0 Å². The monoisotopic (exact) mass is 195 g/mol. The molecule has 1 saturated carbocycles. The molecule has 2 rings (SSSR count). The lowest BCUT2D eigenvalue weighted by molar-refractivity contribution is -0.0428. The fourth-order valence-electron chi connectivity index (χ4n) is 3.19. The number of hydrogen-bond donors (Lipinski definition) is 1. The first-order chi connectivity index (χ1) is 6.58. The molecule has 82 valence electrons. The minimum atomic E-state index is 0.593. The molecule has 1 nitrogen and oxygen atoms in total. The number of hydrogen-bond acceptors (Lipinski definition) is 1. The minimum Gasteiger partial charge on any atom is -0.317 e. The summed E-state index contributed by atoms with van der Waals surface area (Å²) in [5, 5.41) is 3.48. The summed E-state index contributed by atoms with van der Waals surface area (Å²) >= 11 is 0. The molecular formula is C13H25N. The maximum atomic E-state index is 3.48. The van der Waals surface area contributed by atoms with Gasteiger partial charge in [0.25, 0.3) is 0 Å². The van der Waals surface area contributed by atoms with Crippen LogP contribution in [0, 0.1) is 16.7 Å². The predicted molar refractivity (Wildman–Crippen MR) is 61.3 cm³/mol. The van der Waals surface area contributed by atoms with E-state index in [1.807, 2.05) is 0 Å². The zero-order valence-electron chi connectivity index (χ0n) is 10.0. The van der Waals surface area contributed by atoms with Gasteiger partial charge in [0.15, 0.2) is 0 Å². The summed E-state index contributed by atoms with van der Waals surface area (Å²) in [5.74, 6) is 1.01. The van der Waals surface area contributed by atoms with Crippen molar-refractivity contribution >= 4 is 0 Å². The summed E-state index contributed by atoms with van der Waals surface area (Å²) in [6.45, 7) is 9.77. The maximum Gasteiger partial charge on any atom is -0.00436 e. The van der Waals surface area contributed by atoms with Crippen LogP contribution in [0.2, 0.25) is 0 Å². The summed E-state index contributed by atoms with van der Waals surface area (Å²) in [6.07, 6.45) is 7.23. The molecule has 0 amide bonds. The van der Waals surface area contributed by atoms with Crippen molar-refractivity contribution in [3.05, 3.63) is 0 Å². The minimum absolute atomic E-state index is 0.593. The quantitative estimate of drug-likeness (QED) is 0.713. The summed E-state index contributed by atoms with van der Waals surface area (Å²) < 4.78 is 0. The second-order valence-corrected chi connectivity index (χ2v) is 6.20. The topological polar surface area (TPSA) is 12.0 Å². The maximum absolute atomic E-state index is 3.48. The van der Waals surface area contributed by atoms with Crippen LogP contribution < -0.4 is 5.32 Å². The fraction of sp³-hybridized carbons (Fsp3) is 1.00. The van der Waals surface area contributed by atoms with Gasteiger partial charge in [-0.15, -0.1) is 0 Å². The Morgan fingerprint density at radius 3 is 2.29 bits per heavy atom. The molecule has 14 heavy (non-hydrogen) atoms. The van der Waals surface area contributed by atoms with E-state index in [1.54, 1.807) is 0 Å². The highest BCUT2D eigenvalue weighted by Gasteiger charge is 2.48. The highest BCUT2D eigenvalue weighted by molar-refractivity contribution is 5.00. The Labute approximate surface area is 88.7 Å². The summed E-state index contributed by atoms with van der Waals surface area (Å²) in [5.41, 5.74) is 1.36. The van der Waals surface area contributed by atoms with E-state index in [4.69, 9.17) is 0 Å². The lowest BCUT2D eigenvalue weighted by atomic mass is 9.51. The van der Waals surface area contributed by atoms with E-state index in [-0.39, 0.29) is 0 Å². The molecule has 2 fully saturated rings. The molecule has 1 aliphatic carbocycles. The fourth-order valence-corrected chi connectivity index (χ4v) is 3.19. The third-order valence-corrected chi connectivity index (χ3v) is 5.04. The van der Waals surface area contributed by atoms with Gasteiger partial charge in [-0.25, -0.2) is 0 Å². The Morgan fingerprint density at radius 2 is 1.79 bits per heavy atom. The molecule has 0 aromatic carbocycles. The van der Waals surface area contributed by atoms with Gasteiger partial charge in [0, 0.05) is 0 Å². The molecule has 1 spiro atoms. The van der Waals surface area contributed by atoms with Gasteiger partial charge in [0.2, 0.25) is 0 Å². The number of nitrogens with one attached hydrogen (secondary N) is 1. The first-order valence-corrected chi connectivity index (χ1v) is 6.29. The summed E-state index contributed by atoms with van der Waals surface area (Å²) in [6, 6.07) is 0. The molecule has 2 aliphatic rings. The highest BCUT2D eigenvalue weighted by atomic mass is 14.9. The van der Waals surface area contributed by atoms with Crippen LogP contribution in [0.15, 0.2) is 0 Å². The van der Waals surface area contributed by atoms with E-state index in [2.05, 4.69) is 26.1 Å². The average Bonchev–Trinajstić information content (AvgIpc) is 2.15. The molecule has 0 bridgehead atoms. The van der Waals surface area contributed by atoms with Gasteiger partial charge in [-0.05, 0) is 55.5 Å². The van der Waals surface area contributed by atoms with Crippen LogP contribution in [0.3, 0.4) is 0 Å². The standard InChI is InChI=1S/C13H25N/c1-4-12(2,3)11-9-13(10-11)5-7-14-8-6-13/h11,14H,4-10H2,1-3H3. The van der Waals surface area contributed by atoms with E-state index in [0.29, 0.717) is 5.41 Å². The Bertz CT molecular complexity index is 193. The average molecular weight is 195 g/mol. The lowest BCUT2D eigenvalue weighted by Gasteiger charge is -2.55. The van der Waals surface area contributed by atoms with Gasteiger partial charge in [-0.2, -0.15) is 0 Å². The van der Waals surface area contributed by atoms with E-state index in [0.717, 1.165) is 11.3 Å². The third kappa shape index (κ3) is 1.71. The van der Waals surface area contributed by atoms with Crippen molar-refractivity contribution in [2.45, 2.75) is 52.9 Å². The van der Waals surface area contributed by atoms with Crippen molar-refractivity contribution in [1.82, 2.24) is 5.32 Å². The number of piperidine rings is 1. The van der Waals surface area contributed by atoms with E-state index in [1.165, 1.54) is 45.2 Å².